The first-order chi connectivity index (χ1) is 14.2. The molecule has 1 saturated heterocycles. The van der Waals surface area contributed by atoms with Crippen LogP contribution in [0.2, 0.25) is 0 Å². The zero-order valence-electron chi connectivity index (χ0n) is 17.3. The lowest BCUT2D eigenvalue weighted by Gasteiger charge is -2.35. The third kappa shape index (κ3) is 6.27. The third-order valence-electron chi connectivity index (χ3n) is 5.35. The van der Waals surface area contributed by atoms with Gasteiger partial charge in [-0.05, 0) is 42.2 Å². The number of nitrogens with one attached hydrogen (secondary N) is 2. The monoisotopic (exact) mass is 398 g/mol. The summed E-state index contributed by atoms with van der Waals surface area (Å²) in [5.41, 5.74) is 3.41. The van der Waals surface area contributed by atoms with Crippen molar-refractivity contribution in [3.05, 3.63) is 71.0 Å². The van der Waals surface area contributed by atoms with Gasteiger partial charge in [0, 0.05) is 33.2 Å². The maximum Gasteiger partial charge on any atom is 0.191 e. The van der Waals surface area contributed by atoms with Gasteiger partial charge in [0.15, 0.2) is 5.96 Å². The van der Waals surface area contributed by atoms with E-state index >= 15 is 0 Å². The number of ether oxygens (including phenoxy) is 1. The number of rotatable bonds is 7. The molecule has 6 heteroatoms. The van der Waals surface area contributed by atoms with E-state index in [1.807, 2.05) is 19.1 Å². The molecule has 0 aromatic heterocycles. The first-order valence-corrected chi connectivity index (χ1v) is 10.2. The summed E-state index contributed by atoms with van der Waals surface area (Å²) in [6.07, 6.45) is 0.818. The van der Waals surface area contributed by atoms with E-state index in [0.717, 1.165) is 62.9 Å². The predicted octanol–water partition coefficient (Wildman–Crippen LogP) is 2.92. The number of hydrogen-bond donors (Lipinski definition) is 2. The van der Waals surface area contributed by atoms with Crippen molar-refractivity contribution in [1.29, 1.82) is 0 Å². The Bertz CT molecular complexity index is 791. The fourth-order valence-corrected chi connectivity index (χ4v) is 3.69. The molecule has 1 aliphatic heterocycles. The minimum atomic E-state index is -0.188. The van der Waals surface area contributed by atoms with Gasteiger partial charge in [-0.3, -0.25) is 9.89 Å². The highest BCUT2D eigenvalue weighted by Gasteiger charge is 2.22. The van der Waals surface area contributed by atoms with Gasteiger partial charge in [0.25, 0.3) is 0 Å². The number of aryl methyl sites for hydroxylation is 1. The van der Waals surface area contributed by atoms with E-state index in [1.54, 1.807) is 13.1 Å². The predicted molar refractivity (Wildman–Crippen MR) is 116 cm³/mol. The Morgan fingerprint density at radius 1 is 1.14 bits per heavy atom. The van der Waals surface area contributed by atoms with Gasteiger partial charge >= 0.3 is 0 Å². The minimum Gasteiger partial charge on any atom is -0.379 e. The summed E-state index contributed by atoms with van der Waals surface area (Å²) >= 11 is 0. The number of guanidine groups is 1. The maximum absolute atomic E-state index is 13.3. The van der Waals surface area contributed by atoms with Crippen molar-refractivity contribution in [2.45, 2.75) is 19.4 Å². The molecule has 156 valence electrons. The van der Waals surface area contributed by atoms with E-state index in [2.05, 4.69) is 44.8 Å². The van der Waals surface area contributed by atoms with Crippen molar-refractivity contribution in [1.82, 2.24) is 15.5 Å². The number of nitrogens with zero attached hydrogens (tertiary/aromatic N) is 2. The molecule has 1 fully saturated rings. The molecular formula is C23H31FN4O. The van der Waals surface area contributed by atoms with Crippen molar-refractivity contribution in [2.75, 3.05) is 46.4 Å². The summed E-state index contributed by atoms with van der Waals surface area (Å²) in [7, 11) is 1.78. The van der Waals surface area contributed by atoms with Gasteiger partial charge in [-0.2, -0.15) is 0 Å². The van der Waals surface area contributed by atoms with Gasteiger partial charge in [-0.25, -0.2) is 4.39 Å². The Balaban J connectivity index is 1.55. The topological polar surface area (TPSA) is 48.9 Å². The number of hydrogen-bond acceptors (Lipinski definition) is 3. The first kappa shape index (κ1) is 21.3. The fraction of sp³-hybridized carbons (Fsp3) is 0.435. The molecule has 0 radical (unpaired) electrons. The molecule has 1 aliphatic rings. The summed E-state index contributed by atoms with van der Waals surface area (Å²) < 4.78 is 18.8. The van der Waals surface area contributed by atoms with Gasteiger partial charge in [-0.15, -0.1) is 0 Å². The van der Waals surface area contributed by atoms with Crippen LogP contribution in [0.3, 0.4) is 0 Å². The minimum absolute atomic E-state index is 0.188. The van der Waals surface area contributed by atoms with Crippen molar-refractivity contribution >= 4 is 5.96 Å². The molecule has 2 aromatic carbocycles. The Hall–Kier alpha value is -2.44. The zero-order chi connectivity index (χ0) is 20.5. The standard InChI is InChI=1S/C23H31FN4O/c1-18-16-21(24)9-8-19(18)10-11-26-23(25-2)27-17-22(20-6-4-3-5-7-20)28-12-14-29-15-13-28/h3-9,16,22H,10-15,17H2,1-2H3,(H2,25,26,27). The Kier molecular flexibility index (Phi) is 8.02. The highest BCUT2D eigenvalue weighted by molar-refractivity contribution is 5.79. The molecule has 0 amide bonds. The molecule has 29 heavy (non-hydrogen) atoms. The van der Waals surface area contributed by atoms with E-state index in [0.29, 0.717) is 0 Å². The lowest BCUT2D eigenvalue weighted by Crippen LogP contribution is -2.46. The molecular weight excluding hydrogens is 367 g/mol. The smallest absolute Gasteiger partial charge is 0.191 e. The highest BCUT2D eigenvalue weighted by atomic mass is 19.1. The van der Waals surface area contributed by atoms with Crippen LogP contribution in [0.25, 0.3) is 0 Å². The molecule has 0 bridgehead atoms. The van der Waals surface area contributed by atoms with Gasteiger partial charge < -0.3 is 15.4 Å². The molecule has 1 unspecified atom stereocenters. The Labute approximate surface area is 173 Å². The summed E-state index contributed by atoms with van der Waals surface area (Å²) in [6.45, 7) is 6.84. The largest absolute Gasteiger partial charge is 0.379 e. The molecule has 2 N–H and O–H groups in total. The van der Waals surface area contributed by atoms with Crippen LogP contribution >= 0.6 is 0 Å². The molecule has 5 nitrogen and oxygen atoms in total. The Morgan fingerprint density at radius 2 is 1.90 bits per heavy atom. The van der Waals surface area contributed by atoms with Gasteiger partial charge in [0.2, 0.25) is 0 Å². The van der Waals surface area contributed by atoms with E-state index in [1.165, 1.54) is 11.6 Å². The lowest BCUT2D eigenvalue weighted by atomic mass is 10.0. The summed E-state index contributed by atoms with van der Waals surface area (Å²) in [6, 6.07) is 15.8. The molecule has 2 aromatic rings. The van der Waals surface area contributed by atoms with Crippen molar-refractivity contribution in [2.24, 2.45) is 4.99 Å². The fourth-order valence-electron chi connectivity index (χ4n) is 3.69. The molecule has 0 saturated carbocycles. The van der Waals surface area contributed by atoms with Crippen molar-refractivity contribution in [3.63, 3.8) is 0 Å². The third-order valence-corrected chi connectivity index (χ3v) is 5.35. The van der Waals surface area contributed by atoms with Crippen LogP contribution in [0, 0.1) is 12.7 Å². The van der Waals surface area contributed by atoms with Crippen LogP contribution in [0.1, 0.15) is 22.7 Å². The number of aliphatic imine (C=N–C) groups is 1. The summed E-state index contributed by atoms with van der Waals surface area (Å²) in [5.74, 6) is 0.589. The second kappa shape index (κ2) is 10.9. The highest BCUT2D eigenvalue weighted by Crippen LogP contribution is 2.21. The second-order valence-electron chi connectivity index (χ2n) is 7.28. The van der Waals surface area contributed by atoms with Crippen molar-refractivity contribution < 1.29 is 9.13 Å². The molecule has 0 spiro atoms. The van der Waals surface area contributed by atoms with Gasteiger partial charge in [0.05, 0.1) is 19.3 Å². The second-order valence-corrected chi connectivity index (χ2v) is 7.28. The summed E-state index contributed by atoms with van der Waals surface area (Å²) in [5, 5.41) is 6.84. The van der Waals surface area contributed by atoms with E-state index < -0.39 is 0 Å². The number of halogens is 1. The first-order valence-electron chi connectivity index (χ1n) is 10.2. The van der Waals surface area contributed by atoms with Gasteiger partial charge in [-0.1, -0.05) is 36.4 Å². The van der Waals surface area contributed by atoms with E-state index in [4.69, 9.17) is 4.74 Å². The van der Waals surface area contributed by atoms with Crippen LogP contribution in [0.4, 0.5) is 4.39 Å². The number of benzene rings is 2. The average molecular weight is 399 g/mol. The molecule has 3 rings (SSSR count). The van der Waals surface area contributed by atoms with Crippen LogP contribution in [-0.2, 0) is 11.2 Å². The number of morpholine rings is 1. The van der Waals surface area contributed by atoms with Crippen LogP contribution in [-0.4, -0.2) is 57.3 Å². The maximum atomic E-state index is 13.3. The van der Waals surface area contributed by atoms with E-state index in [9.17, 15) is 4.39 Å². The van der Waals surface area contributed by atoms with Crippen LogP contribution in [0.5, 0.6) is 0 Å². The molecule has 1 heterocycles. The normalized spacial score (nSPS) is 16.4. The van der Waals surface area contributed by atoms with E-state index in [-0.39, 0.29) is 11.9 Å². The quantitative estimate of drug-likeness (QED) is 0.556. The molecule has 1 atom stereocenters. The lowest BCUT2D eigenvalue weighted by molar-refractivity contribution is 0.0170. The molecule has 0 aliphatic carbocycles. The average Bonchev–Trinajstić information content (AvgIpc) is 2.75. The zero-order valence-corrected chi connectivity index (χ0v) is 17.3. The van der Waals surface area contributed by atoms with Gasteiger partial charge in [0.1, 0.15) is 5.82 Å². The SMILES string of the molecule is CN=C(NCCc1ccc(F)cc1C)NCC(c1ccccc1)N1CCOCC1. The summed E-state index contributed by atoms with van der Waals surface area (Å²) in [4.78, 5) is 6.82. The van der Waals surface area contributed by atoms with Crippen LogP contribution in [0.15, 0.2) is 53.5 Å². The van der Waals surface area contributed by atoms with Crippen LogP contribution < -0.4 is 10.6 Å². The Morgan fingerprint density at radius 3 is 2.59 bits per heavy atom. The van der Waals surface area contributed by atoms with Crippen molar-refractivity contribution in [3.8, 4) is 0 Å².